The molecule has 4 rings (SSSR count). The molecule has 10 heteroatoms. The highest BCUT2D eigenvalue weighted by Gasteiger charge is 2.17. The SMILES string of the molecule is CN1CCCN(CCNC(=O)c2cc(Cc3c[nH]c(=O)c4cc(Cl)c(Cl)n34)ccc2F)CC1. The lowest BCUT2D eigenvalue weighted by atomic mass is 10.1. The van der Waals surface area contributed by atoms with Gasteiger partial charge in [-0.25, -0.2) is 4.39 Å². The Morgan fingerprint density at radius 1 is 1.18 bits per heavy atom. The fourth-order valence-electron chi connectivity index (χ4n) is 4.13. The van der Waals surface area contributed by atoms with Gasteiger partial charge in [-0.15, -0.1) is 0 Å². The van der Waals surface area contributed by atoms with Crippen molar-refractivity contribution in [3.8, 4) is 0 Å². The summed E-state index contributed by atoms with van der Waals surface area (Å²) in [5, 5.41) is 3.33. The summed E-state index contributed by atoms with van der Waals surface area (Å²) in [5.41, 5.74) is 1.35. The zero-order chi connectivity index (χ0) is 23.5. The molecule has 2 aromatic heterocycles. The number of carbonyl (C=O) groups is 1. The number of nitrogens with one attached hydrogen (secondary N) is 2. The van der Waals surface area contributed by atoms with E-state index in [1.165, 1.54) is 18.2 Å². The first-order valence-corrected chi connectivity index (χ1v) is 11.6. The summed E-state index contributed by atoms with van der Waals surface area (Å²) < 4.78 is 16.0. The normalized spacial score (nSPS) is 15.6. The number of rotatable bonds is 6. The second kappa shape index (κ2) is 10.3. The van der Waals surface area contributed by atoms with Crippen molar-refractivity contribution in [2.24, 2.45) is 0 Å². The molecule has 1 fully saturated rings. The number of aromatic nitrogens is 2. The second-order valence-corrected chi connectivity index (χ2v) is 9.12. The van der Waals surface area contributed by atoms with Gasteiger partial charge in [0.1, 0.15) is 16.5 Å². The van der Waals surface area contributed by atoms with Crippen LogP contribution >= 0.6 is 23.2 Å². The number of aromatic amines is 1. The third kappa shape index (κ3) is 5.41. The second-order valence-electron chi connectivity index (χ2n) is 8.36. The maximum absolute atomic E-state index is 14.4. The number of H-pyrrole nitrogens is 1. The summed E-state index contributed by atoms with van der Waals surface area (Å²) in [7, 11) is 2.11. The molecule has 0 atom stereocenters. The van der Waals surface area contributed by atoms with Crippen LogP contribution in [0.15, 0.2) is 35.3 Å². The first kappa shape index (κ1) is 23.8. The van der Waals surface area contributed by atoms with E-state index >= 15 is 0 Å². The van der Waals surface area contributed by atoms with Crippen molar-refractivity contribution in [1.82, 2.24) is 24.5 Å². The van der Waals surface area contributed by atoms with Crippen LogP contribution in [0.5, 0.6) is 0 Å². The van der Waals surface area contributed by atoms with E-state index in [4.69, 9.17) is 23.2 Å². The summed E-state index contributed by atoms with van der Waals surface area (Å²) in [6.45, 7) is 5.19. The van der Waals surface area contributed by atoms with Crippen LogP contribution in [0.4, 0.5) is 4.39 Å². The third-order valence-electron chi connectivity index (χ3n) is 5.97. The zero-order valence-corrected chi connectivity index (χ0v) is 19.8. The van der Waals surface area contributed by atoms with Gasteiger partial charge in [-0.2, -0.15) is 0 Å². The molecule has 2 N–H and O–H groups in total. The lowest BCUT2D eigenvalue weighted by Gasteiger charge is -2.20. The summed E-state index contributed by atoms with van der Waals surface area (Å²) in [6.07, 6.45) is 2.95. The van der Waals surface area contributed by atoms with Crippen LogP contribution in [0.25, 0.3) is 5.52 Å². The van der Waals surface area contributed by atoms with E-state index in [9.17, 15) is 14.0 Å². The van der Waals surface area contributed by atoms with Crippen molar-refractivity contribution in [2.45, 2.75) is 12.8 Å². The van der Waals surface area contributed by atoms with E-state index in [0.29, 0.717) is 29.7 Å². The minimum Gasteiger partial charge on any atom is -0.351 e. The molecule has 176 valence electrons. The molecule has 1 saturated heterocycles. The van der Waals surface area contributed by atoms with E-state index in [0.717, 1.165) is 39.1 Å². The Morgan fingerprint density at radius 2 is 2.00 bits per heavy atom. The van der Waals surface area contributed by atoms with Crippen LogP contribution in [0, 0.1) is 5.82 Å². The Balaban J connectivity index is 1.46. The van der Waals surface area contributed by atoms with E-state index in [1.54, 1.807) is 16.7 Å². The number of hydrogen-bond acceptors (Lipinski definition) is 4. The Hall–Kier alpha value is -2.39. The van der Waals surface area contributed by atoms with Crippen molar-refractivity contribution in [3.63, 3.8) is 0 Å². The van der Waals surface area contributed by atoms with Crippen molar-refractivity contribution >= 4 is 34.6 Å². The van der Waals surface area contributed by atoms with Crippen molar-refractivity contribution in [2.75, 3.05) is 46.3 Å². The van der Waals surface area contributed by atoms with Gasteiger partial charge in [0.2, 0.25) is 0 Å². The number of carbonyl (C=O) groups excluding carboxylic acids is 1. The number of likely N-dealkylation sites (N-methyl/N-ethyl adjacent to an activating group) is 1. The highest BCUT2D eigenvalue weighted by atomic mass is 35.5. The van der Waals surface area contributed by atoms with Gasteiger partial charge in [0.15, 0.2) is 0 Å². The monoisotopic (exact) mass is 493 g/mol. The molecule has 0 saturated carbocycles. The summed E-state index contributed by atoms with van der Waals surface area (Å²) >= 11 is 12.4. The molecule has 3 heterocycles. The number of fused-ring (bicyclic) bond motifs is 1. The maximum atomic E-state index is 14.4. The topological polar surface area (TPSA) is 72.8 Å². The van der Waals surface area contributed by atoms with Gasteiger partial charge >= 0.3 is 0 Å². The molecular formula is C23H26Cl2FN5O2. The Morgan fingerprint density at radius 3 is 2.82 bits per heavy atom. The molecule has 7 nitrogen and oxygen atoms in total. The largest absolute Gasteiger partial charge is 0.351 e. The molecular weight excluding hydrogens is 468 g/mol. The molecule has 1 aliphatic rings. The molecule has 1 aromatic carbocycles. The predicted octanol–water partition coefficient (Wildman–Crippen LogP) is 3.03. The fraction of sp³-hybridized carbons (Fsp3) is 0.391. The maximum Gasteiger partial charge on any atom is 0.272 e. The standard InChI is InChI=1S/C23H26Cl2FN5O2/c1-29-6-2-7-30(10-9-29)8-5-27-22(32)17-12-15(3-4-19(17)26)11-16-14-28-23(33)20-13-18(24)21(25)31(16)20/h3-4,12-14H,2,5-11H2,1H3,(H,27,32)(H,28,33). The predicted molar refractivity (Wildman–Crippen MR) is 128 cm³/mol. The average molecular weight is 494 g/mol. The molecule has 3 aromatic rings. The highest BCUT2D eigenvalue weighted by Crippen LogP contribution is 2.27. The molecule has 0 bridgehead atoms. The number of benzene rings is 1. The summed E-state index contributed by atoms with van der Waals surface area (Å²) in [6, 6.07) is 5.91. The Bertz CT molecular complexity index is 1230. The zero-order valence-electron chi connectivity index (χ0n) is 18.3. The number of halogens is 3. The smallest absolute Gasteiger partial charge is 0.272 e. The van der Waals surface area contributed by atoms with Gasteiger partial charge < -0.3 is 20.1 Å². The van der Waals surface area contributed by atoms with Crippen LogP contribution < -0.4 is 10.9 Å². The van der Waals surface area contributed by atoms with E-state index < -0.39 is 11.7 Å². The van der Waals surface area contributed by atoms with Gasteiger partial charge in [0.05, 0.1) is 10.6 Å². The number of amides is 1. The van der Waals surface area contributed by atoms with Crippen LogP contribution in [-0.2, 0) is 6.42 Å². The molecule has 0 unspecified atom stereocenters. The minimum atomic E-state index is -0.582. The molecule has 33 heavy (non-hydrogen) atoms. The van der Waals surface area contributed by atoms with Gasteiger partial charge in [-0.05, 0) is 50.3 Å². The highest BCUT2D eigenvalue weighted by molar-refractivity contribution is 6.42. The van der Waals surface area contributed by atoms with Crippen molar-refractivity contribution in [1.29, 1.82) is 0 Å². The third-order valence-corrected chi connectivity index (χ3v) is 6.73. The van der Waals surface area contributed by atoms with Gasteiger partial charge in [0, 0.05) is 44.5 Å². The van der Waals surface area contributed by atoms with Crippen LogP contribution in [0.1, 0.15) is 28.0 Å². The van der Waals surface area contributed by atoms with Crippen molar-refractivity contribution in [3.05, 3.63) is 73.6 Å². The number of nitrogens with zero attached hydrogens (tertiary/aromatic N) is 3. The molecule has 0 spiro atoms. The lowest BCUT2D eigenvalue weighted by molar-refractivity contribution is 0.0944. The van der Waals surface area contributed by atoms with Gasteiger partial charge in [0.25, 0.3) is 11.5 Å². The molecule has 0 radical (unpaired) electrons. The Labute approximate surface area is 201 Å². The van der Waals surface area contributed by atoms with Crippen LogP contribution in [-0.4, -0.2) is 71.4 Å². The minimum absolute atomic E-state index is 0.0135. The number of hydrogen-bond donors (Lipinski definition) is 2. The van der Waals surface area contributed by atoms with Crippen LogP contribution in [0.3, 0.4) is 0 Å². The summed E-state index contributed by atoms with van der Waals surface area (Å²) in [5.74, 6) is -1.03. The quantitative estimate of drug-likeness (QED) is 0.553. The van der Waals surface area contributed by atoms with Gasteiger partial charge in [-0.1, -0.05) is 29.3 Å². The molecule has 1 aliphatic heterocycles. The molecule has 0 aliphatic carbocycles. The fourth-order valence-corrected chi connectivity index (χ4v) is 4.58. The van der Waals surface area contributed by atoms with E-state index in [1.807, 2.05) is 0 Å². The van der Waals surface area contributed by atoms with Crippen molar-refractivity contribution < 1.29 is 9.18 Å². The first-order chi connectivity index (χ1) is 15.8. The van der Waals surface area contributed by atoms with Gasteiger partial charge in [-0.3, -0.25) is 14.0 Å². The first-order valence-electron chi connectivity index (χ1n) is 10.9. The lowest BCUT2D eigenvalue weighted by Crippen LogP contribution is -2.37. The molecule has 1 amide bonds. The summed E-state index contributed by atoms with van der Waals surface area (Å²) in [4.78, 5) is 32.0. The average Bonchev–Trinajstić information content (AvgIpc) is 2.95. The van der Waals surface area contributed by atoms with E-state index in [-0.39, 0.29) is 21.3 Å². The van der Waals surface area contributed by atoms with Crippen LogP contribution in [0.2, 0.25) is 10.2 Å². The van der Waals surface area contributed by atoms with E-state index in [2.05, 4.69) is 27.1 Å². The Kier molecular flexibility index (Phi) is 7.38.